The van der Waals surface area contributed by atoms with Crippen molar-refractivity contribution < 1.29 is 14.2 Å². The largest absolute Gasteiger partial charge is 0.493 e. The van der Waals surface area contributed by atoms with E-state index in [0.29, 0.717) is 0 Å². The van der Waals surface area contributed by atoms with Gasteiger partial charge in [-0.3, -0.25) is 0 Å². The molecular weight excluding hydrogens is 322 g/mol. The lowest BCUT2D eigenvalue weighted by Crippen LogP contribution is -2.26. The summed E-state index contributed by atoms with van der Waals surface area (Å²) >= 11 is 3.59. The maximum Gasteiger partial charge on any atom is 0.175 e. The van der Waals surface area contributed by atoms with E-state index >= 15 is 0 Å². The molecule has 1 aliphatic rings. The molecule has 20 heavy (non-hydrogen) atoms. The molecule has 112 valence electrons. The zero-order chi connectivity index (χ0) is 14.4. The summed E-state index contributed by atoms with van der Waals surface area (Å²) in [5.74, 6) is 1.57. The minimum absolute atomic E-state index is 0.202. The summed E-state index contributed by atoms with van der Waals surface area (Å²) in [6.07, 6.45) is 2.05. The van der Waals surface area contributed by atoms with Gasteiger partial charge in [-0.25, -0.2) is 0 Å². The van der Waals surface area contributed by atoms with Crippen molar-refractivity contribution in [2.24, 2.45) is 0 Å². The molecule has 0 atom stereocenters. The highest BCUT2D eigenvalue weighted by Gasteiger charge is 2.19. The molecule has 0 bridgehead atoms. The quantitative estimate of drug-likeness (QED) is 0.861. The Morgan fingerprint density at radius 2 is 2.10 bits per heavy atom. The van der Waals surface area contributed by atoms with Crippen LogP contribution in [0.4, 0.5) is 0 Å². The van der Waals surface area contributed by atoms with E-state index in [1.54, 1.807) is 7.11 Å². The maximum atomic E-state index is 6.10. The van der Waals surface area contributed by atoms with E-state index in [4.69, 9.17) is 14.2 Å². The standard InChI is InChI=1S/C15H22BrNO3/c1-3-17-10-11-8-13(16)15(14(9-11)18-2)20-12-4-6-19-7-5-12/h8-9,12,17H,3-7,10H2,1-2H3. The first kappa shape index (κ1) is 15.6. The second kappa shape index (κ2) is 7.86. The van der Waals surface area contributed by atoms with Crippen molar-refractivity contribution >= 4 is 15.9 Å². The van der Waals surface area contributed by atoms with Crippen LogP contribution in [-0.2, 0) is 11.3 Å². The monoisotopic (exact) mass is 343 g/mol. The fourth-order valence-electron chi connectivity index (χ4n) is 2.22. The highest BCUT2D eigenvalue weighted by atomic mass is 79.9. The van der Waals surface area contributed by atoms with Crippen LogP contribution in [-0.4, -0.2) is 33.0 Å². The average Bonchev–Trinajstić information content (AvgIpc) is 2.48. The van der Waals surface area contributed by atoms with E-state index in [1.807, 2.05) is 6.07 Å². The summed E-state index contributed by atoms with van der Waals surface area (Å²) in [4.78, 5) is 0. The normalized spacial score (nSPS) is 16.1. The second-order valence-corrected chi connectivity index (χ2v) is 5.67. The van der Waals surface area contributed by atoms with E-state index in [9.17, 15) is 0 Å². The van der Waals surface area contributed by atoms with E-state index in [-0.39, 0.29) is 6.10 Å². The molecule has 0 saturated carbocycles. The summed E-state index contributed by atoms with van der Waals surface area (Å²) < 4.78 is 17.9. The van der Waals surface area contributed by atoms with Gasteiger partial charge in [-0.2, -0.15) is 0 Å². The van der Waals surface area contributed by atoms with Gasteiger partial charge in [-0.1, -0.05) is 6.92 Å². The van der Waals surface area contributed by atoms with Gasteiger partial charge in [0.1, 0.15) is 6.10 Å². The van der Waals surface area contributed by atoms with Gasteiger partial charge in [0.05, 0.1) is 24.8 Å². The Balaban J connectivity index is 2.14. The van der Waals surface area contributed by atoms with Crippen LogP contribution in [0.2, 0.25) is 0 Å². The molecule has 2 rings (SSSR count). The topological polar surface area (TPSA) is 39.7 Å². The first-order valence-electron chi connectivity index (χ1n) is 7.06. The summed E-state index contributed by atoms with van der Waals surface area (Å²) in [6.45, 7) is 5.39. The Morgan fingerprint density at radius 1 is 1.35 bits per heavy atom. The van der Waals surface area contributed by atoms with Crippen LogP contribution in [0, 0.1) is 0 Å². The van der Waals surface area contributed by atoms with Crippen molar-refractivity contribution in [1.82, 2.24) is 5.32 Å². The van der Waals surface area contributed by atoms with Crippen LogP contribution in [0.1, 0.15) is 25.3 Å². The van der Waals surface area contributed by atoms with Gasteiger partial charge in [0.2, 0.25) is 0 Å². The molecule has 5 heteroatoms. The van der Waals surface area contributed by atoms with E-state index < -0.39 is 0 Å². The predicted octanol–water partition coefficient (Wildman–Crippen LogP) is 3.13. The molecule has 1 aromatic rings. The maximum absolute atomic E-state index is 6.10. The van der Waals surface area contributed by atoms with Crippen molar-refractivity contribution in [3.05, 3.63) is 22.2 Å². The molecule has 0 aromatic heterocycles. The number of benzene rings is 1. The number of halogens is 1. The average molecular weight is 344 g/mol. The van der Waals surface area contributed by atoms with Crippen LogP contribution in [0.15, 0.2) is 16.6 Å². The molecule has 0 aliphatic carbocycles. The van der Waals surface area contributed by atoms with Crippen molar-refractivity contribution in [2.75, 3.05) is 26.9 Å². The highest BCUT2D eigenvalue weighted by molar-refractivity contribution is 9.10. The van der Waals surface area contributed by atoms with Crippen molar-refractivity contribution in [3.8, 4) is 11.5 Å². The Kier molecular flexibility index (Phi) is 6.13. The number of nitrogens with one attached hydrogen (secondary N) is 1. The predicted molar refractivity (Wildman–Crippen MR) is 82.5 cm³/mol. The van der Waals surface area contributed by atoms with Gasteiger partial charge in [-0.15, -0.1) is 0 Å². The molecule has 1 heterocycles. The molecule has 1 fully saturated rings. The molecule has 0 radical (unpaired) electrons. The summed E-state index contributed by atoms with van der Waals surface area (Å²) in [5.41, 5.74) is 1.18. The first-order valence-corrected chi connectivity index (χ1v) is 7.85. The second-order valence-electron chi connectivity index (χ2n) is 4.82. The SMILES string of the molecule is CCNCc1cc(Br)c(OC2CCOCC2)c(OC)c1. The summed E-state index contributed by atoms with van der Waals surface area (Å²) in [7, 11) is 1.68. The molecular formula is C15H22BrNO3. The summed E-state index contributed by atoms with van der Waals surface area (Å²) in [6, 6.07) is 4.11. The smallest absolute Gasteiger partial charge is 0.175 e. The zero-order valence-corrected chi connectivity index (χ0v) is 13.7. The third kappa shape index (κ3) is 4.11. The Bertz CT molecular complexity index is 433. The molecule has 1 saturated heterocycles. The van der Waals surface area contributed by atoms with E-state index in [0.717, 1.165) is 55.1 Å². The van der Waals surface area contributed by atoms with Crippen LogP contribution >= 0.6 is 15.9 Å². The van der Waals surface area contributed by atoms with Crippen LogP contribution < -0.4 is 14.8 Å². The number of ether oxygens (including phenoxy) is 3. The minimum Gasteiger partial charge on any atom is -0.493 e. The third-order valence-corrected chi connectivity index (χ3v) is 3.91. The van der Waals surface area contributed by atoms with Gasteiger partial charge in [-0.05, 0) is 40.2 Å². The van der Waals surface area contributed by atoms with Crippen molar-refractivity contribution in [3.63, 3.8) is 0 Å². The fraction of sp³-hybridized carbons (Fsp3) is 0.600. The number of rotatable bonds is 6. The van der Waals surface area contributed by atoms with Gasteiger partial charge < -0.3 is 19.5 Å². The number of methoxy groups -OCH3 is 1. The van der Waals surface area contributed by atoms with Gasteiger partial charge in [0.25, 0.3) is 0 Å². The van der Waals surface area contributed by atoms with Gasteiger partial charge >= 0.3 is 0 Å². The fourth-order valence-corrected chi connectivity index (χ4v) is 2.80. The summed E-state index contributed by atoms with van der Waals surface area (Å²) in [5, 5.41) is 3.31. The molecule has 1 aliphatic heterocycles. The van der Waals surface area contributed by atoms with Crippen LogP contribution in [0.25, 0.3) is 0 Å². The van der Waals surface area contributed by atoms with Gasteiger partial charge in [0, 0.05) is 19.4 Å². The molecule has 4 nitrogen and oxygen atoms in total. The van der Waals surface area contributed by atoms with Crippen LogP contribution in [0.3, 0.4) is 0 Å². The number of hydrogen-bond donors (Lipinski definition) is 1. The Labute approximate surface area is 128 Å². The van der Waals surface area contributed by atoms with E-state index in [2.05, 4.69) is 34.2 Å². The molecule has 1 N–H and O–H groups in total. The lowest BCUT2D eigenvalue weighted by Gasteiger charge is -2.25. The minimum atomic E-state index is 0.202. The molecule has 1 aromatic carbocycles. The highest BCUT2D eigenvalue weighted by Crippen LogP contribution is 2.38. The lowest BCUT2D eigenvalue weighted by atomic mass is 10.1. The number of hydrogen-bond acceptors (Lipinski definition) is 4. The lowest BCUT2D eigenvalue weighted by molar-refractivity contribution is 0.0242. The van der Waals surface area contributed by atoms with Crippen LogP contribution in [0.5, 0.6) is 11.5 Å². The Morgan fingerprint density at radius 3 is 2.75 bits per heavy atom. The van der Waals surface area contributed by atoms with Crippen molar-refractivity contribution in [2.45, 2.75) is 32.4 Å². The van der Waals surface area contributed by atoms with Crippen molar-refractivity contribution in [1.29, 1.82) is 0 Å². The van der Waals surface area contributed by atoms with Gasteiger partial charge in [0.15, 0.2) is 11.5 Å². The molecule has 0 amide bonds. The molecule has 0 spiro atoms. The first-order chi connectivity index (χ1) is 9.74. The zero-order valence-electron chi connectivity index (χ0n) is 12.1. The Hall–Kier alpha value is -0.780. The third-order valence-electron chi connectivity index (χ3n) is 3.32. The van der Waals surface area contributed by atoms with E-state index in [1.165, 1.54) is 5.56 Å². The molecule has 0 unspecified atom stereocenters.